The molecule has 0 atom stereocenters. The van der Waals surface area contributed by atoms with Gasteiger partial charge in [-0.1, -0.05) is 40.0 Å². The maximum absolute atomic E-state index is 11.7. The highest BCUT2D eigenvalue weighted by molar-refractivity contribution is 5.70. The fourth-order valence-corrected chi connectivity index (χ4v) is 2.07. The van der Waals surface area contributed by atoms with Crippen molar-refractivity contribution in [3.8, 4) is 0 Å². The van der Waals surface area contributed by atoms with Crippen molar-refractivity contribution in [1.82, 2.24) is 0 Å². The summed E-state index contributed by atoms with van der Waals surface area (Å²) >= 11 is 0. The summed E-state index contributed by atoms with van der Waals surface area (Å²) in [4.78, 5) is 23.4. The van der Waals surface area contributed by atoms with Crippen LogP contribution < -0.4 is 0 Å². The quantitative estimate of drug-likeness (QED) is 0.306. The second-order valence-electron chi connectivity index (χ2n) is 6.07. The molecule has 0 aromatic heterocycles. The molecule has 24 heavy (non-hydrogen) atoms. The number of unbranched alkanes of at least 4 members (excludes halogenated alkanes) is 3. The standard InChI is InChI=1S/C19H36O5/c1-4-7-14-22-17(10-12-18(20)23-15-8-5-2)11-13-19(21)24-16-9-6-3/h17H,4-16H2,1-3H3. The largest absolute Gasteiger partial charge is 0.466 e. The molecule has 0 aromatic carbocycles. The highest BCUT2D eigenvalue weighted by Gasteiger charge is 2.15. The van der Waals surface area contributed by atoms with Gasteiger partial charge in [0, 0.05) is 19.4 Å². The molecule has 0 aromatic rings. The number of hydrogen-bond donors (Lipinski definition) is 0. The van der Waals surface area contributed by atoms with Crippen molar-refractivity contribution >= 4 is 11.9 Å². The predicted molar refractivity (Wildman–Crippen MR) is 94.9 cm³/mol. The van der Waals surface area contributed by atoms with Gasteiger partial charge in [-0.3, -0.25) is 9.59 Å². The maximum Gasteiger partial charge on any atom is 0.305 e. The summed E-state index contributed by atoms with van der Waals surface area (Å²) in [5.74, 6) is -0.365. The van der Waals surface area contributed by atoms with Crippen LogP contribution in [0.25, 0.3) is 0 Å². The molecule has 0 unspecified atom stereocenters. The molecule has 0 radical (unpaired) electrons. The molecular weight excluding hydrogens is 308 g/mol. The minimum absolute atomic E-state index is 0.0889. The van der Waals surface area contributed by atoms with Crippen molar-refractivity contribution in [1.29, 1.82) is 0 Å². The van der Waals surface area contributed by atoms with Gasteiger partial charge in [0.25, 0.3) is 0 Å². The van der Waals surface area contributed by atoms with Crippen LogP contribution in [0, 0.1) is 0 Å². The number of carbonyl (C=O) groups excluding carboxylic acids is 2. The Morgan fingerprint density at radius 3 is 1.54 bits per heavy atom. The molecule has 0 heterocycles. The Morgan fingerprint density at radius 2 is 1.12 bits per heavy atom. The summed E-state index contributed by atoms with van der Waals surface area (Å²) < 4.78 is 16.1. The molecule has 0 aliphatic heterocycles. The van der Waals surface area contributed by atoms with E-state index in [-0.39, 0.29) is 18.0 Å². The number of carbonyl (C=O) groups is 2. The minimum atomic E-state index is -0.182. The number of esters is 2. The Bertz CT molecular complexity index is 291. The van der Waals surface area contributed by atoms with E-state index in [1.54, 1.807) is 0 Å². The molecule has 142 valence electrons. The monoisotopic (exact) mass is 344 g/mol. The van der Waals surface area contributed by atoms with Crippen molar-refractivity contribution in [3.05, 3.63) is 0 Å². The lowest BCUT2D eigenvalue weighted by atomic mass is 10.1. The van der Waals surface area contributed by atoms with Crippen molar-refractivity contribution in [2.75, 3.05) is 19.8 Å². The molecule has 0 N–H and O–H groups in total. The second kappa shape index (κ2) is 16.7. The Hall–Kier alpha value is -1.10. The molecule has 5 nitrogen and oxygen atoms in total. The van der Waals surface area contributed by atoms with Gasteiger partial charge < -0.3 is 14.2 Å². The molecule has 0 spiro atoms. The van der Waals surface area contributed by atoms with Crippen molar-refractivity contribution in [3.63, 3.8) is 0 Å². The first-order valence-electron chi connectivity index (χ1n) is 9.56. The van der Waals surface area contributed by atoms with Crippen LogP contribution in [0.4, 0.5) is 0 Å². The number of rotatable bonds is 16. The van der Waals surface area contributed by atoms with E-state index in [0.29, 0.717) is 45.5 Å². The van der Waals surface area contributed by atoms with Crippen LogP contribution >= 0.6 is 0 Å². The zero-order chi connectivity index (χ0) is 18.0. The fourth-order valence-electron chi connectivity index (χ4n) is 2.07. The summed E-state index contributed by atoms with van der Waals surface area (Å²) in [6.07, 6.45) is 7.63. The summed E-state index contributed by atoms with van der Waals surface area (Å²) in [7, 11) is 0. The fraction of sp³-hybridized carbons (Fsp3) is 0.895. The van der Waals surface area contributed by atoms with Crippen molar-refractivity contribution < 1.29 is 23.8 Å². The van der Waals surface area contributed by atoms with E-state index in [0.717, 1.165) is 38.5 Å². The van der Waals surface area contributed by atoms with E-state index < -0.39 is 0 Å². The molecule has 0 aliphatic carbocycles. The topological polar surface area (TPSA) is 61.8 Å². The van der Waals surface area contributed by atoms with Crippen LogP contribution in [-0.2, 0) is 23.8 Å². The Labute approximate surface area is 147 Å². The lowest BCUT2D eigenvalue weighted by Gasteiger charge is -2.17. The molecule has 0 saturated heterocycles. The molecule has 0 amide bonds. The summed E-state index contributed by atoms with van der Waals surface area (Å²) in [6.45, 7) is 7.86. The molecule has 0 saturated carbocycles. The zero-order valence-corrected chi connectivity index (χ0v) is 15.8. The van der Waals surface area contributed by atoms with E-state index >= 15 is 0 Å². The molecule has 0 bridgehead atoms. The van der Waals surface area contributed by atoms with Crippen LogP contribution in [0.15, 0.2) is 0 Å². The number of ether oxygens (including phenoxy) is 3. The SMILES string of the molecule is CCCCOC(=O)CCC(CCC(=O)OCCCC)OCCCC. The lowest BCUT2D eigenvalue weighted by molar-refractivity contribution is -0.145. The highest BCUT2D eigenvalue weighted by Crippen LogP contribution is 2.12. The average molecular weight is 344 g/mol. The molecule has 5 heteroatoms. The first-order chi connectivity index (χ1) is 11.6. The van der Waals surface area contributed by atoms with Gasteiger partial charge in [-0.15, -0.1) is 0 Å². The van der Waals surface area contributed by atoms with Crippen molar-refractivity contribution in [2.45, 2.75) is 91.1 Å². The summed E-state index contributed by atoms with van der Waals surface area (Å²) in [5.41, 5.74) is 0. The third-order valence-electron chi connectivity index (χ3n) is 3.71. The number of hydrogen-bond acceptors (Lipinski definition) is 5. The van der Waals surface area contributed by atoms with Gasteiger partial charge in [-0.2, -0.15) is 0 Å². The lowest BCUT2D eigenvalue weighted by Crippen LogP contribution is -2.19. The predicted octanol–water partition coefficient (Wildman–Crippen LogP) is 4.42. The zero-order valence-electron chi connectivity index (χ0n) is 15.8. The molecular formula is C19H36O5. The van der Waals surface area contributed by atoms with E-state index in [9.17, 15) is 9.59 Å². The molecule has 0 fully saturated rings. The second-order valence-corrected chi connectivity index (χ2v) is 6.07. The minimum Gasteiger partial charge on any atom is -0.466 e. The third-order valence-corrected chi connectivity index (χ3v) is 3.71. The van der Waals surface area contributed by atoms with Gasteiger partial charge >= 0.3 is 11.9 Å². The van der Waals surface area contributed by atoms with Gasteiger partial charge in [0.05, 0.1) is 19.3 Å². The third kappa shape index (κ3) is 14.5. The normalized spacial score (nSPS) is 10.8. The van der Waals surface area contributed by atoms with Crippen LogP contribution in [-0.4, -0.2) is 37.9 Å². The summed E-state index contributed by atoms with van der Waals surface area (Å²) in [5, 5.41) is 0. The van der Waals surface area contributed by atoms with Crippen LogP contribution in [0.3, 0.4) is 0 Å². The van der Waals surface area contributed by atoms with Crippen molar-refractivity contribution in [2.24, 2.45) is 0 Å². The Balaban J connectivity index is 4.07. The van der Waals surface area contributed by atoms with E-state index in [2.05, 4.69) is 20.8 Å². The smallest absolute Gasteiger partial charge is 0.305 e. The first kappa shape index (κ1) is 22.9. The Kier molecular flexibility index (Phi) is 16.0. The van der Waals surface area contributed by atoms with Gasteiger partial charge in [-0.25, -0.2) is 0 Å². The van der Waals surface area contributed by atoms with E-state index in [1.165, 1.54) is 0 Å². The highest BCUT2D eigenvalue weighted by atomic mass is 16.5. The van der Waals surface area contributed by atoms with Crippen LogP contribution in [0.2, 0.25) is 0 Å². The van der Waals surface area contributed by atoms with Gasteiger partial charge in [-0.05, 0) is 32.1 Å². The first-order valence-corrected chi connectivity index (χ1v) is 9.56. The summed E-state index contributed by atoms with van der Waals surface area (Å²) in [6, 6.07) is 0. The molecule has 0 aliphatic rings. The van der Waals surface area contributed by atoms with Crippen LogP contribution in [0.5, 0.6) is 0 Å². The maximum atomic E-state index is 11.7. The van der Waals surface area contributed by atoms with Gasteiger partial charge in [0.2, 0.25) is 0 Å². The van der Waals surface area contributed by atoms with E-state index in [1.807, 2.05) is 0 Å². The van der Waals surface area contributed by atoms with Gasteiger partial charge in [0.15, 0.2) is 0 Å². The molecule has 0 rings (SSSR count). The Morgan fingerprint density at radius 1 is 0.708 bits per heavy atom. The van der Waals surface area contributed by atoms with Crippen LogP contribution in [0.1, 0.15) is 85.0 Å². The van der Waals surface area contributed by atoms with Gasteiger partial charge in [0.1, 0.15) is 0 Å². The van der Waals surface area contributed by atoms with E-state index in [4.69, 9.17) is 14.2 Å². The average Bonchev–Trinajstić information content (AvgIpc) is 2.57.